The first-order valence-corrected chi connectivity index (χ1v) is 10.0. The fourth-order valence-corrected chi connectivity index (χ4v) is 7.40. The molecule has 3 saturated carbocycles. The molecule has 0 radical (unpaired) electrons. The van der Waals surface area contributed by atoms with Crippen LogP contribution >= 0.6 is 0 Å². The number of Topliss-reactive ketones (excluding diaryl/α,β-unsaturated/α-hetero) is 1. The van der Waals surface area contributed by atoms with E-state index in [0.29, 0.717) is 19.3 Å². The molecule has 0 aromatic rings. The zero-order valence-corrected chi connectivity index (χ0v) is 15.9. The van der Waals surface area contributed by atoms with Crippen molar-refractivity contribution in [3.63, 3.8) is 0 Å². The van der Waals surface area contributed by atoms with Crippen LogP contribution in [0.4, 0.5) is 0 Å². The second-order valence-electron chi connectivity index (χ2n) is 9.82. The van der Waals surface area contributed by atoms with Gasteiger partial charge < -0.3 is 20.4 Å². The molecular weight excluding hydrogens is 332 g/mol. The van der Waals surface area contributed by atoms with Crippen molar-refractivity contribution in [2.45, 2.75) is 76.8 Å². The minimum Gasteiger partial charge on any atom is -0.390 e. The monoisotopic (exact) mass is 364 g/mol. The predicted octanol–water partition coefficient (Wildman–Crippen LogP) is 1.43. The molecule has 0 amide bonds. The lowest BCUT2D eigenvalue weighted by atomic mass is 9.44. The Morgan fingerprint density at radius 3 is 2.31 bits per heavy atom. The maximum atomic E-state index is 12.3. The lowest BCUT2D eigenvalue weighted by Crippen LogP contribution is -2.65. The van der Waals surface area contributed by atoms with Gasteiger partial charge in [0.2, 0.25) is 0 Å². The molecule has 0 heterocycles. The van der Waals surface area contributed by atoms with Crippen molar-refractivity contribution in [2.24, 2.45) is 34.5 Å². The smallest absolute Gasteiger partial charge is 0.161 e. The normalized spacial score (nSPS) is 58.7. The van der Waals surface area contributed by atoms with Crippen molar-refractivity contribution in [2.75, 3.05) is 0 Å². The van der Waals surface area contributed by atoms with Crippen LogP contribution < -0.4 is 0 Å². The van der Waals surface area contributed by atoms with Gasteiger partial charge in [-0.3, -0.25) is 4.79 Å². The second-order valence-corrected chi connectivity index (χ2v) is 9.82. The molecule has 146 valence electrons. The third kappa shape index (κ3) is 2.09. The van der Waals surface area contributed by atoms with Crippen molar-refractivity contribution in [3.8, 4) is 0 Å². The van der Waals surface area contributed by atoms with Gasteiger partial charge in [0.25, 0.3) is 0 Å². The first-order valence-electron chi connectivity index (χ1n) is 10.0. The Morgan fingerprint density at radius 1 is 1.00 bits per heavy atom. The number of rotatable bonds is 1. The van der Waals surface area contributed by atoms with Crippen molar-refractivity contribution in [1.82, 2.24) is 0 Å². The van der Waals surface area contributed by atoms with Crippen LogP contribution in [-0.2, 0) is 4.79 Å². The summed E-state index contributed by atoms with van der Waals surface area (Å²) < 4.78 is 0. The van der Waals surface area contributed by atoms with Gasteiger partial charge in [-0.05, 0) is 68.1 Å². The Hall–Kier alpha value is -0.750. The maximum Gasteiger partial charge on any atom is 0.161 e. The van der Waals surface area contributed by atoms with Crippen LogP contribution in [0.25, 0.3) is 0 Å². The standard InChI is InChI=1S/C21H32O5/c1-11(22)21(26)9-6-14-16-13(5-8-20(14,21)3)19(2)7-4-12(23)10-15(19)17(24)18(16)25/h4,7,12-18,23-26H,5-6,8-10H2,1-3H3/t12-,13+,14+,15?,16-,17+,18-,19-,20+,21+/m1/s1. The Bertz CT molecular complexity index is 646. The lowest BCUT2D eigenvalue weighted by Gasteiger charge is -2.62. The van der Waals surface area contributed by atoms with Crippen LogP contribution in [0, 0.1) is 34.5 Å². The molecule has 0 saturated heterocycles. The van der Waals surface area contributed by atoms with E-state index in [1.54, 1.807) is 0 Å². The molecule has 0 aromatic carbocycles. The molecule has 26 heavy (non-hydrogen) atoms. The molecule has 10 atom stereocenters. The molecule has 4 rings (SSSR count). The highest BCUT2D eigenvalue weighted by Gasteiger charge is 2.68. The molecular formula is C21H32O5. The molecule has 1 unspecified atom stereocenters. The van der Waals surface area contributed by atoms with E-state index in [9.17, 15) is 25.2 Å². The number of fused-ring (bicyclic) bond motifs is 5. The molecule has 0 aliphatic heterocycles. The average molecular weight is 364 g/mol. The van der Waals surface area contributed by atoms with Gasteiger partial charge in [-0.15, -0.1) is 0 Å². The molecule has 5 nitrogen and oxygen atoms in total. The molecule has 3 fully saturated rings. The van der Waals surface area contributed by atoms with Gasteiger partial charge in [0.05, 0.1) is 18.3 Å². The van der Waals surface area contributed by atoms with Gasteiger partial charge in [0, 0.05) is 5.41 Å². The lowest BCUT2D eigenvalue weighted by molar-refractivity contribution is -0.210. The maximum absolute atomic E-state index is 12.3. The van der Waals surface area contributed by atoms with Gasteiger partial charge in [0.15, 0.2) is 5.78 Å². The Morgan fingerprint density at radius 2 is 1.65 bits per heavy atom. The Balaban J connectivity index is 1.77. The SMILES string of the molecule is CC(=O)[C@@]1(O)CC[C@H]2[C@@H]3[C@@H](O)[C@@H](O)C4C[C@H](O)C=C[C@]4(C)[C@H]3CC[C@@]21C. The summed E-state index contributed by atoms with van der Waals surface area (Å²) in [7, 11) is 0. The van der Waals surface area contributed by atoms with E-state index >= 15 is 0 Å². The van der Waals surface area contributed by atoms with E-state index < -0.39 is 29.3 Å². The molecule has 0 bridgehead atoms. The van der Waals surface area contributed by atoms with Gasteiger partial charge in [-0.25, -0.2) is 0 Å². The fraction of sp³-hybridized carbons (Fsp3) is 0.857. The molecule has 0 aromatic heterocycles. The highest BCUT2D eigenvalue weighted by atomic mass is 16.3. The van der Waals surface area contributed by atoms with Gasteiger partial charge in [-0.2, -0.15) is 0 Å². The first-order chi connectivity index (χ1) is 12.1. The van der Waals surface area contributed by atoms with Crippen LogP contribution in [0.1, 0.15) is 52.9 Å². The van der Waals surface area contributed by atoms with Crippen LogP contribution in [-0.4, -0.2) is 50.1 Å². The minimum atomic E-state index is -1.33. The fourth-order valence-electron chi connectivity index (χ4n) is 7.40. The second kappa shape index (κ2) is 5.63. The zero-order valence-electron chi connectivity index (χ0n) is 15.9. The minimum absolute atomic E-state index is 0.0119. The van der Waals surface area contributed by atoms with Crippen molar-refractivity contribution in [1.29, 1.82) is 0 Å². The van der Waals surface area contributed by atoms with Crippen LogP contribution in [0.15, 0.2) is 12.2 Å². The number of carbonyl (C=O) groups is 1. The van der Waals surface area contributed by atoms with E-state index in [2.05, 4.69) is 6.92 Å². The molecule has 4 aliphatic carbocycles. The predicted molar refractivity (Wildman–Crippen MR) is 96.1 cm³/mol. The number of carbonyl (C=O) groups excluding carboxylic acids is 1. The topological polar surface area (TPSA) is 98.0 Å². The summed E-state index contributed by atoms with van der Waals surface area (Å²) in [5.74, 6) is -0.300. The van der Waals surface area contributed by atoms with Crippen LogP contribution in [0.3, 0.4) is 0 Å². The van der Waals surface area contributed by atoms with E-state index in [-0.39, 0.29) is 34.9 Å². The summed E-state index contributed by atoms with van der Waals surface area (Å²) in [6.07, 6.45) is 4.68. The quantitative estimate of drug-likeness (QED) is 0.528. The van der Waals surface area contributed by atoms with E-state index in [4.69, 9.17) is 0 Å². The number of allylic oxidation sites excluding steroid dienone is 1. The Labute approximate surface area is 155 Å². The van der Waals surface area contributed by atoms with Gasteiger partial charge >= 0.3 is 0 Å². The number of ketones is 1. The summed E-state index contributed by atoms with van der Waals surface area (Å²) in [5.41, 5.74) is -2.16. The average Bonchev–Trinajstić information content (AvgIpc) is 2.87. The van der Waals surface area contributed by atoms with Crippen molar-refractivity contribution < 1.29 is 25.2 Å². The number of aliphatic hydroxyl groups is 4. The summed E-state index contributed by atoms with van der Waals surface area (Å²) in [4.78, 5) is 12.3. The first kappa shape index (κ1) is 18.6. The summed E-state index contributed by atoms with van der Waals surface area (Å²) in [5, 5.41) is 43.2. The van der Waals surface area contributed by atoms with Crippen molar-refractivity contribution in [3.05, 3.63) is 12.2 Å². The largest absolute Gasteiger partial charge is 0.390 e. The number of hydrogen-bond acceptors (Lipinski definition) is 5. The molecule has 0 spiro atoms. The molecule has 5 heteroatoms. The molecule has 4 aliphatic rings. The molecule has 4 N–H and O–H groups in total. The highest BCUT2D eigenvalue weighted by Crippen LogP contribution is 2.67. The zero-order chi connectivity index (χ0) is 19.1. The van der Waals surface area contributed by atoms with Crippen LogP contribution in [0.5, 0.6) is 0 Å². The Kier molecular flexibility index (Phi) is 4.03. The van der Waals surface area contributed by atoms with Gasteiger partial charge in [0.1, 0.15) is 5.60 Å². The van der Waals surface area contributed by atoms with E-state index in [1.165, 1.54) is 6.92 Å². The highest BCUT2D eigenvalue weighted by molar-refractivity contribution is 5.86. The van der Waals surface area contributed by atoms with Gasteiger partial charge in [-0.1, -0.05) is 26.0 Å². The number of hydrogen-bond donors (Lipinski definition) is 4. The van der Waals surface area contributed by atoms with E-state index in [1.807, 2.05) is 19.1 Å². The van der Waals surface area contributed by atoms with Crippen molar-refractivity contribution >= 4 is 5.78 Å². The van der Waals surface area contributed by atoms with Crippen LogP contribution in [0.2, 0.25) is 0 Å². The summed E-state index contributed by atoms with van der Waals surface area (Å²) in [6, 6.07) is 0. The third-order valence-corrected chi connectivity index (χ3v) is 8.99. The third-order valence-electron chi connectivity index (χ3n) is 8.99. The van der Waals surface area contributed by atoms with E-state index in [0.717, 1.165) is 12.8 Å². The summed E-state index contributed by atoms with van der Waals surface area (Å²) >= 11 is 0. The summed E-state index contributed by atoms with van der Waals surface area (Å²) in [6.45, 7) is 5.60. The number of aliphatic hydroxyl groups excluding tert-OH is 3.